The summed E-state index contributed by atoms with van der Waals surface area (Å²) in [5.41, 5.74) is 1.31. The van der Waals surface area contributed by atoms with E-state index < -0.39 is 21.2 Å². The fourth-order valence-electron chi connectivity index (χ4n) is 2.39. The van der Waals surface area contributed by atoms with Gasteiger partial charge in [0.05, 0.1) is 12.7 Å². The van der Waals surface area contributed by atoms with Crippen molar-refractivity contribution in [1.29, 1.82) is 0 Å². The van der Waals surface area contributed by atoms with E-state index in [-0.39, 0.29) is 18.9 Å². The number of amides is 1. The van der Waals surface area contributed by atoms with Crippen LogP contribution in [0.25, 0.3) is 0 Å². The van der Waals surface area contributed by atoms with Crippen molar-refractivity contribution in [2.45, 2.75) is 18.6 Å². The van der Waals surface area contributed by atoms with Gasteiger partial charge in [-0.25, -0.2) is 18.4 Å². The lowest BCUT2D eigenvalue weighted by Crippen LogP contribution is -2.32. The second-order valence-corrected chi connectivity index (χ2v) is 7.77. The van der Waals surface area contributed by atoms with Crippen LogP contribution in [-0.2, 0) is 19.6 Å². The molecule has 1 amide bonds. The molecular weight excluding hydrogens is 376 g/mol. The summed E-state index contributed by atoms with van der Waals surface area (Å²) >= 11 is 3.28. The van der Waals surface area contributed by atoms with Gasteiger partial charge < -0.3 is 9.64 Å². The lowest BCUT2D eigenvalue weighted by atomic mass is 10.1. The monoisotopic (exact) mass is 390 g/mol. The SMILES string of the molecule is COC(=O)c1cc(Br)cc(N2CC(S(N)(=O)=O)CC2=O)c1C. The third kappa shape index (κ3) is 3.16. The number of carbonyl (C=O) groups excluding carboxylic acids is 2. The van der Waals surface area contributed by atoms with Gasteiger partial charge in [0, 0.05) is 23.1 Å². The Hall–Kier alpha value is -1.45. The molecule has 1 aliphatic heterocycles. The van der Waals surface area contributed by atoms with Crippen LogP contribution in [0.4, 0.5) is 5.69 Å². The summed E-state index contributed by atoms with van der Waals surface area (Å²) in [6, 6.07) is 3.24. The number of nitrogens with zero attached hydrogens (tertiary/aromatic N) is 1. The number of rotatable bonds is 3. The molecule has 1 unspecified atom stereocenters. The molecule has 1 aromatic rings. The van der Waals surface area contributed by atoms with Gasteiger partial charge in [-0.15, -0.1) is 0 Å². The highest BCUT2D eigenvalue weighted by Gasteiger charge is 2.38. The molecule has 1 heterocycles. The molecule has 9 heteroatoms. The molecule has 7 nitrogen and oxygen atoms in total. The fraction of sp³-hybridized carbons (Fsp3) is 0.385. The molecule has 120 valence electrons. The maximum Gasteiger partial charge on any atom is 0.338 e. The van der Waals surface area contributed by atoms with Crippen molar-refractivity contribution in [2.24, 2.45) is 5.14 Å². The zero-order chi connectivity index (χ0) is 16.7. The number of anilines is 1. The highest BCUT2D eigenvalue weighted by molar-refractivity contribution is 9.10. The minimum absolute atomic E-state index is 0.0322. The molecule has 22 heavy (non-hydrogen) atoms. The molecule has 0 aromatic heterocycles. The van der Waals surface area contributed by atoms with Crippen LogP contribution in [0.5, 0.6) is 0 Å². The molecule has 2 N–H and O–H groups in total. The average molecular weight is 391 g/mol. The normalized spacial score (nSPS) is 18.6. The van der Waals surface area contributed by atoms with Crippen molar-refractivity contribution in [3.8, 4) is 0 Å². The summed E-state index contributed by atoms with van der Waals surface area (Å²) in [7, 11) is -2.53. The molecule has 1 aromatic carbocycles. The van der Waals surface area contributed by atoms with E-state index in [1.54, 1.807) is 19.1 Å². The van der Waals surface area contributed by atoms with E-state index in [9.17, 15) is 18.0 Å². The summed E-state index contributed by atoms with van der Waals surface area (Å²) in [4.78, 5) is 25.3. The zero-order valence-corrected chi connectivity index (χ0v) is 14.4. The quantitative estimate of drug-likeness (QED) is 0.772. The summed E-state index contributed by atoms with van der Waals surface area (Å²) in [6.45, 7) is 1.64. The zero-order valence-electron chi connectivity index (χ0n) is 12.0. The topological polar surface area (TPSA) is 107 Å². The first-order valence-corrected chi connectivity index (χ1v) is 8.76. The number of ether oxygens (including phenoxy) is 1. The molecule has 2 rings (SSSR count). The Morgan fingerprint density at radius 1 is 1.45 bits per heavy atom. The van der Waals surface area contributed by atoms with Crippen LogP contribution in [-0.4, -0.2) is 39.2 Å². The van der Waals surface area contributed by atoms with E-state index >= 15 is 0 Å². The first kappa shape index (κ1) is 16.9. The van der Waals surface area contributed by atoms with Gasteiger partial charge >= 0.3 is 5.97 Å². The average Bonchev–Trinajstić information content (AvgIpc) is 2.82. The Balaban J connectivity index is 2.48. The van der Waals surface area contributed by atoms with Gasteiger partial charge in [-0.1, -0.05) is 15.9 Å². The lowest BCUT2D eigenvalue weighted by Gasteiger charge is -2.21. The second-order valence-electron chi connectivity index (χ2n) is 5.01. The number of hydrogen-bond donors (Lipinski definition) is 1. The van der Waals surface area contributed by atoms with Crippen molar-refractivity contribution in [3.63, 3.8) is 0 Å². The van der Waals surface area contributed by atoms with Crippen LogP contribution in [0.2, 0.25) is 0 Å². The number of methoxy groups -OCH3 is 1. The van der Waals surface area contributed by atoms with Crippen LogP contribution in [0, 0.1) is 6.92 Å². The maximum atomic E-state index is 12.1. The number of sulfonamides is 1. The third-order valence-corrected chi connectivity index (χ3v) is 5.30. The number of primary sulfonamides is 1. The Labute approximate surface area is 136 Å². The number of halogens is 1. The van der Waals surface area contributed by atoms with Gasteiger partial charge in [0.1, 0.15) is 5.25 Å². The first-order chi connectivity index (χ1) is 10.1. The smallest absolute Gasteiger partial charge is 0.338 e. The molecule has 0 aliphatic carbocycles. The number of esters is 1. The molecule has 0 bridgehead atoms. The number of hydrogen-bond acceptors (Lipinski definition) is 5. The van der Waals surface area contributed by atoms with Crippen molar-refractivity contribution in [1.82, 2.24) is 0 Å². The molecule has 1 atom stereocenters. The van der Waals surface area contributed by atoms with Crippen LogP contribution < -0.4 is 10.0 Å². The Kier molecular flexibility index (Phi) is 4.59. The van der Waals surface area contributed by atoms with Crippen molar-refractivity contribution >= 4 is 43.5 Å². The Morgan fingerprint density at radius 2 is 2.09 bits per heavy atom. The van der Waals surface area contributed by atoms with E-state index in [0.717, 1.165) is 0 Å². The molecular formula is C13H15BrN2O5S. The highest BCUT2D eigenvalue weighted by Crippen LogP contribution is 2.32. The Morgan fingerprint density at radius 3 is 2.59 bits per heavy atom. The van der Waals surface area contributed by atoms with Gasteiger partial charge in [-0.3, -0.25) is 4.79 Å². The van der Waals surface area contributed by atoms with Gasteiger partial charge in [0.2, 0.25) is 15.9 Å². The number of benzene rings is 1. The lowest BCUT2D eigenvalue weighted by molar-refractivity contribution is -0.117. The van der Waals surface area contributed by atoms with Crippen LogP contribution in [0.1, 0.15) is 22.3 Å². The predicted octanol–water partition coefficient (Wildman–Crippen LogP) is 0.938. The first-order valence-electron chi connectivity index (χ1n) is 6.35. The summed E-state index contributed by atoms with van der Waals surface area (Å²) in [6.07, 6.45) is -0.168. The second kappa shape index (κ2) is 5.98. The maximum absolute atomic E-state index is 12.1. The molecule has 0 saturated carbocycles. The van der Waals surface area contributed by atoms with E-state index in [0.29, 0.717) is 21.3 Å². The van der Waals surface area contributed by atoms with E-state index in [1.807, 2.05) is 0 Å². The molecule has 1 aliphatic rings. The number of carbonyl (C=O) groups is 2. The third-order valence-electron chi connectivity index (χ3n) is 3.60. The standard InChI is InChI=1S/C13H15BrN2O5S/c1-7-10(13(18)21-2)3-8(14)4-11(7)16-6-9(5-12(16)17)22(15,19)20/h3-4,9H,5-6H2,1-2H3,(H2,15,19,20). The highest BCUT2D eigenvalue weighted by atomic mass is 79.9. The van der Waals surface area contributed by atoms with Gasteiger partial charge in [0.15, 0.2) is 0 Å². The van der Waals surface area contributed by atoms with Gasteiger partial charge in [0.25, 0.3) is 0 Å². The van der Waals surface area contributed by atoms with E-state index in [2.05, 4.69) is 15.9 Å². The van der Waals surface area contributed by atoms with Gasteiger partial charge in [-0.05, 0) is 24.6 Å². The minimum atomic E-state index is -3.80. The Bertz CT molecular complexity index is 747. The van der Waals surface area contributed by atoms with Crippen molar-refractivity contribution < 1.29 is 22.7 Å². The van der Waals surface area contributed by atoms with Crippen molar-refractivity contribution in [3.05, 3.63) is 27.7 Å². The minimum Gasteiger partial charge on any atom is -0.465 e. The largest absolute Gasteiger partial charge is 0.465 e. The molecule has 1 fully saturated rings. The van der Waals surface area contributed by atoms with Crippen molar-refractivity contribution in [2.75, 3.05) is 18.6 Å². The summed E-state index contributed by atoms with van der Waals surface area (Å²) in [5, 5.41) is 4.18. The molecule has 0 spiro atoms. The molecule has 0 radical (unpaired) electrons. The summed E-state index contributed by atoms with van der Waals surface area (Å²) in [5.74, 6) is -0.884. The van der Waals surface area contributed by atoms with Crippen LogP contribution in [0.15, 0.2) is 16.6 Å². The van der Waals surface area contributed by atoms with E-state index in [1.165, 1.54) is 12.0 Å². The van der Waals surface area contributed by atoms with E-state index in [4.69, 9.17) is 9.88 Å². The van der Waals surface area contributed by atoms with Crippen LogP contribution >= 0.6 is 15.9 Å². The fourth-order valence-corrected chi connectivity index (χ4v) is 3.57. The molecule has 1 saturated heterocycles. The number of nitrogens with two attached hydrogens (primary N) is 1. The summed E-state index contributed by atoms with van der Waals surface area (Å²) < 4.78 is 28.2. The van der Waals surface area contributed by atoms with Gasteiger partial charge in [-0.2, -0.15) is 0 Å². The predicted molar refractivity (Wildman–Crippen MR) is 84.1 cm³/mol. The van der Waals surface area contributed by atoms with Crippen LogP contribution in [0.3, 0.4) is 0 Å².